The van der Waals surface area contributed by atoms with E-state index in [1.807, 2.05) is 24.3 Å². The standard InChI is InChI=1S/C23H17ClN2O4S/c24-16-3-1-2-15(12-16)20-10-11-21(30-20)22(28)26-23(31)25-17-6-4-14(5-7-17)19-9-8-18(13-27)29-19/h1-12,27H,13H2,(H2,25,26,28,31). The second-order valence-electron chi connectivity index (χ2n) is 6.58. The van der Waals surface area contributed by atoms with Gasteiger partial charge in [0, 0.05) is 21.8 Å². The summed E-state index contributed by atoms with van der Waals surface area (Å²) in [6, 6.07) is 21.3. The molecule has 0 aliphatic rings. The number of halogens is 1. The highest BCUT2D eigenvalue weighted by Gasteiger charge is 2.14. The van der Waals surface area contributed by atoms with Crippen LogP contribution in [0.2, 0.25) is 5.02 Å². The van der Waals surface area contributed by atoms with Gasteiger partial charge in [-0.2, -0.15) is 0 Å². The van der Waals surface area contributed by atoms with E-state index in [1.54, 1.807) is 48.5 Å². The molecule has 0 unspecified atom stereocenters. The van der Waals surface area contributed by atoms with Gasteiger partial charge in [-0.1, -0.05) is 23.7 Å². The molecule has 0 aliphatic carbocycles. The second-order valence-corrected chi connectivity index (χ2v) is 7.43. The zero-order valence-electron chi connectivity index (χ0n) is 16.1. The fourth-order valence-corrected chi connectivity index (χ4v) is 3.32. The molecule has 0 saturated heterocycles. The molecular weight excluding hydrogens is 436 g/mol. The first-order valence-corrected chi connectivity index (χ1v) is 10.1. The fraction of sp³-hybridized carbons (Fsp3) is 0.0435. The summed E-state index contributed by atoms with van der Waals surface area (Å²) in [7, 11) is 0. The van der Waals surface area contributed by atoms with Gasteiger partial charge < -0.3 is 19.3 Å². The maximum atomic E-state index is 12.4. The van der Waals surface area contributed by atoms with E-state index in [0.29, 0.717) is 28.0 Å². The topological polar surface area (TPSA) is 87.6 Å². The number of carbonyl (C=O) groups excluding carboxylic acids is 1. The van der Waals surface area contributed by atoms with Gasteiger partial charge in [0.15, 0.2) is 10.9 Å². The minimum absolute atomic E-state index is 0.131. The van der Waals surface area contributed by atoms with Crippen LogP contribution in [0.1, 0.15) is 16.3 Å². The summed E-state index contributed by atoms with van der Waals surface area (Å²) in [5.41, 5.74) is 2.32. The molecule has 0 radical (unpaired) electrons. The maximum absolute atomic E-state index is 12.4. The van der Waals surface area contributed by atoms with Crippen molar-refractivity contribution < 1.29 is 18.7 Å². The van der Waals surface area contributed by atoms with Crippen LogP contribution in [0.4, 0.5) is 5.69 Å². The number of furan rings is 2. The van der Waals surface area contributed by atoms with Crippen LogP contribution in [-0.2, 0) is 6.61 Å². The number of hydrogen-bond donors (Lipinski definition) is 3. The number of aliphatic hydroxyl groups excluding tert-OH is 1. The normalized spacial score (nSPS) is 10.6. The highest BCUT2D eigenvalue weighted by Crippen LogP contribution is 2.25. The molecule has 2 heterocycles. The number of nitrogens with one attached hydrogen (secondary N) is 2. The Hall–Kier alpha value is -3.39. The largest absolute Gasteiger partial charge is 0.459 e. The molecule has 8 heteroatoms. The van der Waals surface area contributed by atoms with Crippen molar-refractivity contribution in [2.75, 3.05) is 5.32 Å². The zero-order valence-corrected chi connectivity index (χ0v) is 17.7. The lowest BCUT2D eigenvalue weighted by Gasteiger charge is -2.09. The molecule has 156 valence electrons. The second kappa shape index (κ2) is 9.18. The van der Waals surface area contributed by atoms with E-state index in [4.69, 9.17) is 37.8 Å². The number of anilines is 1. The van der Waals surface area contributed by atoms with Crippen LogP contribution < -0.4 is 10.6 Å². The molecule has 6 nitrogen and oxygen atoms in total. The van der Waals surface area contributed by atoms with E-state index < -0.39 is 5.91 Å². The molecule has 31 heavy (non-hydrogen) atoms. The first-order valence-electron chi connectivity index (χ1n) is 9.30. The Balaban J connectivity index is 1.37. The summed E-state index contributed by atoms with van der Waals surface area (Å²) in [6.07, 6.45) is 0. The highest BCUT2D eigenvalue weighted by molar-refractivity contribution is 7.80. The van der Waals surface area contributed by atoms with Gasteiger partial charge in [0.2, 0.25) is 0 Å². The predicted octanol–water partition coefficient (Wildman–Crippen LogP) is 5.48. The average molecular weight is 453 g/mol. The Labute approximate surface area is 188 Å². The van der Waals surface area contributed by atoms with E-state index >= 15 is 0 Å². The molecule has 0 spiro atoms. The third-order valence-corrected chi connectivity index (χ3v) is 4.85. The van der Waals surface area contributed by atoms with Gasteiger partial charge in [0.25, 0.3) is 5.91 Å². The van der Waals surface area contributed by atoms with Crippen LogP contribution >= 0.6 is 23.8 Å². The molecule has 0 fully saturated rings. The average Bonchev–Trinajstić information content (AvgIpc) is 3.44. The van der Waals surface area contributed by atoms with Crippen molar-refractivity contribution in [3.8, 4) is 22.6 Å². The Morgan fingerprint density at radius 2 is 1.68 bits per heavy atom. The van der Waals surface area contributed by atoms with Crippen molar-refractivity contribution in [3.05, 3.63) is 89.3 Å². The molecule has 2 aromatic carbocycles. The van der Waals surface area contributed by atoms with Gasteiger partial charge in [-0.05, 0) is 72.9 Å². The molecule has 4 rings (SSSR count). The van der Waals surface area contributed by atoms with E-state index in [0.717, 1.165) is 11.1 Å². The molecule has 3 N–H and O–H groups in total. The van der Waals surface area contributed by atoms with Crippen LogP contribution in [0.15, 0.2) is 81.6 Å². The molecule has 0 saturated carbocycles. The number of aliphatic hydroxyl groups is 1. The lowest BCUT2D eigenvalue weighted by Crippen LogP contribution is -2.33. The van der Waals surface area contributed by atoms with E-state index in [1.165, 1.54) is 0 Å². The van der Waals surface area contributed by atoms with Gasteiger partial charge in [-0.15, -0.1) is 0 Å². The number of thiocarbonyl (C=S) groups is 1. The van der Waals surface area contributed by atoms with Gasteiger partial charge in [0.1, 0.15) is 23.9 Å². The van der Waals surface area contributed by atoms with Crippen LogP contribution in [0.3, 0.4) is 0 Å². The predicted molar refractivity (Wildman–Crippen MR) is 123 cm³/mol. The summed E-state index contributed by atoms with van der Waals surface area (Å²) < 4.78 is 11.1. The molecule has 0 aliphatic heterocycles. The van der Waals surface area contributed by atoms with Gasteiger partial charge in [0.05, 0.1) is 0 Å². The van der Waals surface area contributed by atoms with E-state index in [9.17, 15) is 4.79 Å². The summed E-state index contributed by atoms with van der Waals surface area (Å²) >= 11 is 11.2. The van der Waals surface area contributed by atoms with Gasteiger partial charge >= 0.3 is 0 Å². The highest BCUT2D eigenvalue weighted by atomic mass is 35.5. The molecule has 0 atom stereocenters. The molecule has 1 amide bonds. The number of amides is 1. The zero-order chi connectivity index (χ0) is 21.8. The summed E-state index contributed by atoms with van der Waals surface area (Å²) in [5, 5.41) is 15.4. The van der Waals surface area contributed by atoms with Crippen LogP contribution in [0.25, 0.3) is 22.6 Å². The van der Waals surface area contributed by atoms with Crippen molar-refractivity contribution in [2.24, 2.45) is 0 Å². The third-order valence-electron chi connectivity index (χ3n) is 4.41. The molecular formula is C23H17ClN2O4S. The van der Waals surface area contributed by atoms with Crippen molar-refractivity contribution >= 4 is 40.5 Å². The maximum Gasteiger partial charge on any atom is 0.293 e. The van der Waals surface area contributed by atoms with Crippen LogP contribution in [0.5, 0.6) is 0 Å². The third kappa shape index (κ3) is 5.03. The van der Waals surface area contributed by atoms with Crippen LogP contribution in [-0.4, -0.2) is 16.1 Å². The van der Waals surface area contributed by atoms with Crippen molar-refractivity contribution in [1.82, 2.24) is 5.32 Å². The SMILES string of the molecule is O=C(NC(=S)Nc1ccc(-c2ccc(CO)o2)cc1)c1ccc(-c2cccc(Cl)c2)o1. The van der Waals surface area contributed by atoms with E-state index in [-0.39, 0.29) is 17.5 Å². The summed E-state index contributed by atoms with van der Waals surface area (Å²) in [5.74, 6) is 1.35. The summed E-state index contributed by atoms with van der Waals surface area (Å²) in [4.78, 5) is 12.4. The van der Waals surface area contributed by atoms with Gasteiger partial charge in [-0.25, -0.2) is 0 Å². The molecule has 4 aromatic rings. The number of rotatable bonds is 5. The molecule has 2 aromatic heterocycles. The summed E-state index contributed by atoms with van der Waals surface area (Å²) in [6.45, 7) is -0.149. The lowest BCUT2D eigenvalue weighted by atomic mass is 10.1. The minimum Gasteiger partial charge on any atom is -0.459 e. The Kier molecular flexibility index (Phi) is 6.18. The quantitative estimate of drug-likeness (QED) is 0.347. The monoisotopic (exact) mass is 452 g/mol. The Bertz CT molecular complexity index is 1230. The number of carbonyl (C=O) groups is 1. The lowest BCUT2D eigenvalue weighted by molar-refractivity contribution is 0.0951. The van der Waals surface area contributed by atoms with E-state index in [2.05, 4.69) is 10.6 Å². The fourth-order valence-electron chi connectivity index (χ4n) is 2.92. The number of benzene rings is 2. The number of hydrogen-bond acceptors (Lipinski definition) is 5. The first-order chi connectivity index (χ1) is 15.0. The Morgan fingerprint density at radius 1 is 0.935 bits per heavy atom. The molecule has 0 bridgehead atoms. The van der Waals surface area contributed by atoms with Crippen molar-refractivity contribution in [2.45, 2.75) is 6.61 Å². The van der Waals surface area contributed by atoms with Crippen LogP contribution in [0, 0.1) is 0 Å². The van der Waals surface area contributed by atoms with Crippen molar-refractivity contribution in [3.63, 3.8) is 0 Å². The Morgan fingerprint density at radius 3 is 2.39 bits per heavy atom. The smallest absolute Gasteiger partial charge is 0.293 e. The first kappa shape index (κ1) is 20.9. The van der Waals surface area contributed by atoms with Crippen molar-refractivity contribution in [1.29, 1.82) is 0 Å². The van der Waals surface area contributed by atoms with Gasteiger partial charge in [-0.3, -0.25) is 10.1 Å². The minimum atomic E-state index is -0.463.